The van der Waals surface area contributed by atoms with Crippen LogP contribution in [0, 0.1) is 0 Å². The predicted octanol–water partition coefficient (Wildman–Crippen LogP) is 1.63. The number of nitrogens with one attached hydrogen (secondary N) is 1. The van der Waals surface area contributed by atoms with Crippen molar-refractivity contribution >= 4 is 11.9 Å². The van der Waals surface area contributed by atoms with Crippen LogP contribution in [0.4, 0.5) is 0 Å². The first kappa shape index (κ1) is 16.9. The third kappa shape index (κ3) is 3.95. The quantitative estimate of drug-likeness (QED) is 0.828. The van der Waals surface area contributed by atoms with Gasteiger partial charge in [-0.2, -0.15) is 0 Å². The van der Waals surface area contributed by atoms with E-state index in [0.717, 1.165) is 5.56 Å². The van der Waals surface area contributed by atoms with Crippen LogP contribution < -0.4 is 10.1 Å². The van der Waals surface area contributed by atoms with Gasteiger partial charge in [0.25, 0.3) is 5.91 Å². The van der Waals surface area contributed by atoms with E-state index in [2.05, 4.69) is 10.3 Å². The number of amides is 1. The Morgan fingerprint density at radius 3 is 2.88 bits per heavy atom. The smallest absolute Gasteiger partial charge is 0.331 e. The van der Waals surface area contributed by atoms with Gasteiger partial charge in [0, 0.05) is 36.5 Å². The highest BCUT2D eigenvalue weighted by atomic mass is 16.5. The number of ether oxygens (including phenoxy) is 2. The summed E-state index contributed by atoms with van der Waals surface area (Å²) < 4.78 is 10.8. The van der Waals surface area contributed by atoms with Crippen molar-refractivity contribution in [3.8, 4) is 5.75 Å². The normalized spacial score (nSPS) is 19.4. The van der Waals surface area contributed by atoms with E-state index >= 15 is 0 Å². The number of pyridine rings is 1. The predicted molar refractivity (Wildman–Crippen MR) is 88.3 cm³/mol. The molecule has 0 radical (unpaired) electrons. The second-order valence-electron chi connectivity index (χ2n) is 5.82. The fourth-order valence-electron chi connectivity index (χ4n) is 2.55. The summed E-state index contributed by atoms with van der Waals surface area (Å²) in [7, 11) is 0. The molecule has 1 unspecified atom stereocenters. The first-order valence-electron chi connectivity index (χ1n) is 7.84. The maximum Gasteiger partial charge on any atom is 0.331 e. The van der Waals surface area contributed by atoms with E-state index in [0.29, 0.717) is 24.5 Å². The largest absolute Gasteiger partial charge is 0.489 e. The molecule has 1 fully saturated rings. The van der Waals surface area contributed by atoms with Crippen LogP contribution in [0.3, 0.4) is 0 Å². The van der Waals surface area contributed by atoms with Crippen molar-refractivity contribution in [2.75, 3.05) is 13.2 Å². The average molecular weight is 342 g/mol. The van der Waals surface area contributed by atoms with Crippen LogP contribution in [0.1, 0.15) is 22.3 Å². The van der Waals surface area contributed by atoms with Gasteiger partial charge in [0.15, 0.2) is 5.54 Å². The standard InChI is InChI=1S/C18H18N2O5/c21-16(20-18(17(22)23)6-8-24-12-18)14-4-1-5-15(9-14)25-11-13-3-2-7-19-10-13/h1-5,7,9-10H,6,8,11-12H2,(H,20,21)(H,22,23). The molecule has 1 aliphatic heterocycles. The van der Waals surface area contributed by atoms with E-state index in [-0.39, 0.29) is 13.0 Å². The van der Waals surface area contributed by atoms with E-state index < -0.39 is 17.4 Å². The van der Waals surface area contributed by atoms with E-state index in [1.807, 2.05) is 12.1 Å². The molecule has 1 aromatic carbocycles. The van der Waals surface area contributed by atoms with Crippen LogP contribution >= 0.6 is 0 Å². The van der Waals surface area contributed by atoms with Crippen molar-refractivity contribution in [1.82, 2.24) is 10.3 Å². The van der Waals surface area contributed by atoms with Gasteiger partial charge in [0.05, 0.1) is 6.61 Å². The number of hydrogen-bond acceptors (Lipinski definition) is 5. The van der Waals surface area contributed by atoms with Gasteiger partial charge in [-0.25, -0.2) is 4.79 Å². The molecule has 0 bridgehead atoms. The van der Waals surface area contributed by atoms with E-state index in [1.54, 1.807) is 36.7 Å². The number of hydrogen-bond donors (Lipinski definition) is 2. The number of aromatic nitrogens is 1. The molecule has 1 saturated heterocycles. The number of carbonyl (C=O) groups is 2. The molecular weight excluding hydrogens is 324 g/mol. The Bertz CT molecular complexity index is 757. The molecule has 7 nitrogen and oxygen atoms in total. The van der Waals surface area contributed by atoms with Gasteiger partial charge < -0.3 is 19.9 Å². The van der Waals surface area contributed by atoms with E-state index in [4.69, 9.17) is 9.47 Å². The van der Waals surface area contributed by atoms with Crippen molar-refractivity contribution < 1.29 is 24.2 Å². The van der Waals surface area contributed by atoms with Crippen LogP contribution in [0.15, 0.2) is 48.8 Å². The summed E-state index contributed by atoms with van der Waals surface area (Å²) in [5.41, 5.74) is -0.134. The summed E-state index contributed by atoms with van der Waals surface area (Å²) in [6.07, 6.45) is 3.62. The van der Waals surface area contributed by atoms with Gasteiger partial charge in [-0.1, -0.05) is 12.1 Å². The number of carbonyl (C=O) groups excluding carboxylic acids is 1. The topological polar surface area (TPSA) is 97.8 Å². The molecule has 2 heterocycles. The first-order chi connectivity index (χ1) is 12.1. The summed E-state index contributed by atoms with van der Waals surface area (Å²) in [6, 6.07) is 10.3. The van der Waals surface area contributed by atoms with E-state index in [1.165, 1.54) is 0 Å². The molecule has 2 N–H and O–H groups in total. The maximum atomic E-state index is 12.4. The Morgan fingerprint density at radius 2 is 2.20 bits per heavy atom. The molecule has 1 aromatic heterocycles. The molecule has 25 heavy (non-hydrogen) atoms. The van der Waals surface area contributed by atoms with Crippen LogP contribution in [-0.4, -0.2) is 40.7 Å². The number of rotatable bonds is 6. The van der Waals surface area contributed by atoms with Gasteiger partial charge in [0.2, 0.25) is 0 Å². The fourth-order valence-corrected chi connectivity index (χ4v) is 2.55. The average Bonchev–Trinajstić information content (AvgIpc) is 3.11. The number of benzene rings is 1. The molecule has 0 saturated carbocycles. The third-order valence-corrected chi connectivity index (χ3v) is 4.01. The minimum atomic E-state index is -1.37. The monoisotopic (exact) mass is 342 g/mol. The molecular formula is C18H18N2O5. The van der Waals surface area contributed by atoms with Crippen molar-refractivity contribution in [3.05, 3.63) is 59.9 Å². The van der Waals surface area contributed by atoms with Crippen LogP contribution in [0.2, 0.25) is 0 Å². The summed E-state index contributed by atoms with van der Waals surface area (Å²) in [5, 5.41) is 12.0. The Kier molecular flexibility index (Phi) is 4.95. The SMILES string of the molecule is O=C(NC1(C(=O)O)CCOC1)c1cccc(OCc2cccnc2)c1. The van der Waals surface area contributed by atoms with Crippen LogP contribution in [0.25, 0.3) is 0 Å². The Labute approximate surface area is 144 Å². The second-order valence-corrected chi connectivity index (χ2v) is 5.82. The lowest BCUT2D eigenvalue weighted by Gasteiger charge is -2.23. The molecule has 1 amide bonds. The molecule has 7 heteroatoms. The number of carboxylic acids is 1. The Hall–Kier alpha value is -2.93. The zero-order chi connectivity index (χ0) is 17.7. The van der Waals surface area contributed by atoms with Crippen LogP contribution in [0.5, 0.6) is 5.75 Å². The van der Waals surface area contributed by atoms with Crippen LogP contribution in [-0.2, 0) is 16.1 Å². The Balaban J connectivity index is 1.68. The number of aliphatic carboxylic acids is 1. The minimum absolute atomic E-state index is 0.0364. The van der Waals surface area contributed by atoms with Gasteiger partial charge in [0.1, 0.15) is 12.4 Å². The molecule has 2 aromatic rings. The molecule has 130 valence electrons. The highest BCUT2D eigenvalue weighted by molar-refractivity contribution is 5.98. The van der Waals surface area contributed by atoms with E-state index in [9.17, 15) is 14.7 Å². The number of nitrogens with zero attached hydrogens (tertiary/aromatic N) is 1. The molecule has 0 aliphatic carbocycles. The summed E-state index contributed by atoms with van der Waals surface area (Å²) in [4.78, 5) is 27.9. The zero-order valence-electron chi connectivity index (χ0n) is 13.5. The maximum absolute atomic E-state index is 12.4. The zero-order valence-corrected chi connectivity index (χ0v) is 13.5. The fraction of sp³-hybridized carbons (Fsp3) is 0.278. The summed E-state index contributed by atoms with van der Waals surface area (Å²) in [6.45, 7) is 0.595. The van der Waals surface area contributed by atoms with Gasteiger partial charge in [-0.15, -0.1) is 0 Å². The van der Waals surface area contributed by atoms with Gasteiger partial charge in [-0.05, 0) is 24.3 Å². The molecule has 0 spiro atoms. The lowest BCUT2D eigenvalue weighted by molar-refractivity contribution is -0.144. The minimum Gasteiger partial charge on any atom is -0.489 e. The van der Waals surface area contributed by atoms with Crippen molar-refractivity contribution in [1.29, 1.82) is 0 Å². The second kappa shape index (κ2) is 7.31. The lowest BCUT2D eigenvalue weighted by atomic mass is 9.98. The highest BCUT2D eigenvalue weighted by Gasteiger charge is 2.44. The highest BCUT2D eigenvalue weighted by Crippen LogP contribution is 2.21. The van der Waals surface area contributed by atoms with Crippen molar-refractivity contribution in [2.45, 2.75) is 18.6 Å². The summed E-state index contributed by atoms with van der Waals surface area (Å²) in [5.74, 6) is -1.05. The molecule has 3 rings (SSSR count). The van der Waals surface area contributed by atoms with Gasteiger partial charge in [-0.3, -0.25) is 9.78 Å². The van der Waals surface area contributed by atoms with Crippen molar-refractivity contribution in [2.24, 2.45) is 0 Å². The molecule has 1 aliphatic rings. The Morgan fingerprint density at radius 1 is 1.32 bits per heavy atom. The van der Waals surface area contributed by atoms with Crippen molar-refractivity contribution in [3.63, 3.8) is 0 Å². The third-order valence-electron chi connectivity index (χ3n) is 4.01. The summed E-state index contributed by atoms with van der Waals surface area (Å²) >= 11 is 0. The molecule has 1 atom stereocenters. The lowest BCUT2D eigenvalue weighted by Crippen LogP contribution is -2.55. The first-order valence-corrected chi connectivity index (χ1v) is 7.84. The number of carboxylic acid groups (broad SMARTS) is 1. The van der Waals surface area contributed by atoms with Gasteiger partial charge >= 0.3 is 5.97 Å².